The molecule has 0 saturated heterocycles. The Hall–Kier alpha value is -2.42. The number of carboxylic acid groups (broad SMARTS) is 1. The van der Waals surface area contributed by atoms with Crippen LogP contribution in [0, 0.1) is 6.92 Å². The number of H-pyrrole nitrogens is 1. The monoisotopic (exact) mass is 442 g/mol. The first-order valence-electron chi connectivity index (χ1n) is 9.01. The number of carbonyl (C=O) groups is 1. The molecule has 0 saturated carbocycles. The molecule has 0 radical (unpaired) electrons. The number of fused-ring (bicyclic) bond motifs is 1. The van der Waals surface area contributed by atoms with Crippen LogP contribution in [0.15, 0.2) is 57.1 Å². The number of aromatic amines is 1. The van der Waals surface area contributed by atoms with Crippen LogP contribution in [0.2, 0.25) is 0 Å². The maximum atomic E-state index is 12.7. The molecule has 1 aromatic carbocycles. The summed E-state index contributed by atoms with van der Waals surface area (Å²) < 4.78 is 0. The second kappa shape index (κ2) is 8.52. The standard InChI is InChI=1S/C21H18N2O3S3/c1-12-4-6-13(7-5-12)8-9-16(20(25)26)29-21-22-18(24)17-14(11-28-19(17)23-21)15-3-2-10-27-15/h2-7,10-11,16H,8-9H2,1H3,(H,25,26)(H,22,23,24). The van der Waals surface area contributed by atoms with Gasteiger partial charge in [-0.2, -0.15) is 0 Å². The lowest BCUT2D eigenvalue weighted by molar-refractivity contribution is -0.136. The van der Waals surface area contributed by atoms with Gasteiger partial charge in [-0.15, -0.1) is 22.7 Å². The molecule has 1 unspecified atom stereocenters. The minimum atomic E-state index is -0.907. The molecule has 4 rings (SSSR count). The molecule has 2 N–H and O–H groups in total. The van der Waals surface area contributed by atoms with Gasteiger partial charge in [0.2, 0.25) is 0 Å². The lowest BCUT2D eigenvalue weighted by Gasteiger charge is -2.11. The number of hydrogen-bond donors (Lipinski definition) is 2. The summed E-state index contributed by atoms with van der Waals surface area (Å²) in [5, 5.41) is 13.8. The Morgan fingerprint density at radius 2 is 2.03 bits per heavy atom. The Bertz CT molecular complexity index is 1190. The number of nitrogens with zero attached hydrogens (tertiary/aromatic N) is 1. The van der Waals surface area contributed by atoms with Crippen molar-refractivity contribution in [2.75, 3.05) is 0 Å². The number of hydrogen-bond acceptors (Lipinski definition) is 6. The highest BCUT2D eigenvalue weighted by molar-refractivity contribution is 8.00. The second-order valence-corrected chi connectivity index (χ2v) is 9.64. The third-order valence-corrected chi connectivity index (χ3v) is 7.47. The van der Waals surface area contributed by atoms with Crippen molar-refractivity contribution in [3.05, 3.63) is 68.6 Å². The number of aliphatic carboxylic acids is 1. The molecule has 0 aliphatic heterocycles. The SMILES string of the molecule is Cc1ccc(CCC(Sc2nc3scc(-c4cccs4)c3c(=O)[nH]2)C(=O)O)cc1. The summed E-state index contributed by atoms with van der Waals surface area (Å²) in [5.74, 6) is -0.907. The number of aryl methyl sites for hydroxylation is 2. The highest BCUT2D eigenvalue weighted by Gasteiger charge is 2.22. The van der Waals surface area contributed by atoms with E-state index in [1.165, 1.54) is 16.9 Å². The normalized spacial score (nSPS) is 12.3. The van der Waals surface area contributed by atoms with Crippen molar-refractivity contribution in [1.82, 2.24) is 9.97 Å². The average Bonchev–Trinajstić information content (AvgIpc) is 3.35. The first-order chi connectivity index (χ1) is 14.0. The Balaban J connectivity index is 1.55. The van der Waals surface area contributed by atoms with E-state index >= 15 is 0 Å². The third kappa shape index (κ3) is 4.44. The molecule has 1 atom stereocenters. The summed E-state index contributed by atoms with van der Waals surface area (Å²) in [6, 6.07) is 12.0. The summed E-state index contributed by atoms with van der Waals surface area (Å²) in [7, 11) is 0. The van der Waals surface area contributed by atoms with Gasteiger partial charge in [0.15, 0.2) is 5.16 Å². The molecular formula is C21H18N2O3S3. The molecule has 0 aliphatic rings. The molecular weight excluding hydrogens is 424 g/mol. The van der Waals surface area contributed by atoms with Gasteiger partial charge in [-0.3, -0.25) is 9.59 Å². The highest BCUT2D eigenvalue weighted by atomic mass is 32.2. The van der Waals surface area contributed by atoms with Crippen molar-refractivity contribution < 1.29 is 9.90 Å². The first-order valence-corrected chi connectivity index (χ1v) is 11.7. The largest absolute Gasteiger partial charge is 0.480 e. The Kier molecular flexibility index (Phi) is 5.84. The maximum Gasteiger partial charge on any atom is 0.317 e. The van der Waals surface area contributed by atoms with Crippen LogP contribution in [0.4, 0.5) is 0 Å². The molecule has 29 heavy (non-hydrogen) atoms. The Morgan fingerprint density at radius 1 is 1.24 bits per heavy atom. The van der Waals surface area contributed by atoms with Crippen LogP contribution in [-0.2, 0) is 11.2 Å². The van der Waals surface area contributed by atoms with Gasteiger partial charge >= 0.3 is 5.97 Å². The van der Waals surface area contributed by atoms with E-state index in [-0.39, 0.29) is 5.56 Å². The van der Waals surface area contributed by atoms with Crippen molar-refractivity contribution in [1.29, 1.82) is 0 Å². The molecule has 0 bridgehead atoms. The summed E-state index contributed by atoms with van der Waals surface area (Å²) in [4.78, 5) is 33.4. The summed E-state index contributed by atoms with van der Waals surface area (Å²) in [6.07, 6.45) is 1.11. The molecule has 148 valence electrons. The number of thioether (sulfide) groups is 1. The van der Waals surface area contributed by atoms with Crippen LogP contribution in [0.5, 0.6) is 0 Å². The average molecular weight is 443 g/mol. The minimum Gasteiger partial charge on any atom is -0.480 e. The number of benzene rings is 1. The van der Waals surface area contributed by atoms with Gasteiger partial charge in [-0.1, -0.05) is 47.7 Å². The van der Waals surface area contributed by atoms with Crippen molar-refractivity contribution in [2.45, 2.75) is 30.2 Å². The van der Waals surface area contributed by atoms with Crippen LogP contribution in [0.1, 0.15) is 17.5 Å². The fraction of sp³-hybridized carbons (Fsp3) is 0.190. The first kappa shape index (κ1) is 19.9. The van der Waals surface area contributed by atoms with E-state index in [4.69, 9.17) is 0 Å². The van der Waals surface area contributed by atoms with E-state index in [2.05, 4.69) is 9.97 Å². The van der Waals surface area contributed by atoms with E-state index < -0.39 is 11.2 Å². The van der Waals surface area contributed by atoms with Crippen LogP contribution >= 0.6 is 34.4 Å². The predicted molar refractivity (Wildman–Crippen MR) is 120 cm³/mol. The molecule has 8 heteroatoms. The lowest BCUT2D eigenvalue weighted by Crippen LogP contribution is -2.19. The van der Waals surface area contributed by atoms with Gasteiger partial charge in [0.05, 0.1) is 5.39 Å². The van der Waals surface area contributed by atoms with Crippen molar-refractivity contribution in [2.24, 2.45) is 0 Å². The van der Waals surface area contributed by atoms with Gasteiger partial charge in [-0.05, 0) is 36.8 Å². The number of thiophene rings is 2. The van der Waals surface area contributed by atoms with Crippen LogP contribution in [-0.4, -0.2) is 26.3 Å². The Morgan fingerprint density at radius 3 is 2.72 bits per heavy atom. The molecule has 0 spiro atoms. The third-order valence-electron chi connectivity index (χ3n) is 4.55. The summed E-state index contributed by atoms with van der Waals surface area (Å²) >= 11 is 4.07. The zero-order valence-corrected chi connectivity index (χ0v) is 18.0. The van der Waals surface area contributed by atoms with Crippen LogP contribution in [0.25, 0.3) is 20.7 Å². The Labute approximate surface area is 179 Å². The van der Waals surface area contributed by atoms with Crippen molar-refractivity contribution >= 4 is 50.6 Å². The minimum absolute atomic E-state index is 0.232. The van der Waals surface area contributed by atoms with Gasteiger partial charge in [0.1, 0.15) is 10.1 Å². The zero-order valence-electron chi connectivity index (χ0n) is 15.5. The van der Waals surface area contributed by atoms with E-state index in [9.17, 15) is 14.7 Å². The fourth-order valence-electron chi connectivity index (χ4n) is 3.02. The molecule has 5 nitrogen and oxygen atoms in total. The zero-order chi connectivity index (χ0) is 20.4. The van der Waals surface area contributed by atoms with E-state index in [1.54, 1.807) is 11.3 Å². The summed E-state index contributed by atoms with van der Waals surface area (Å²) in [5.41, 5.74) is 2.91. The summed E-state index contributed by atoms with van der Waals surface area (Å²) in [6.45, 7) is 2.02. The van der Waals surface area contributed by atoms with E-state index in [0.29, 0.717) is 28.2 Å². The number of carboxylic acids is 1. The van der Waals surface area contributed by atoms with Gasteiger partial charge in [0.25, 0.3) is 5.56 Å². The molecule has 0 aliphatic carbocycles. The van der Waals surface area contributed by atoms with E-state index in [0.717, 1.165) is 27.8 Å². The van der Waals surface area contributed by atoms with Crippen LogP contribution < -0.4 is 5.56 Å². The number of rotatable bonds is 7. The smallest absolute Gasteiger partial charge is 0.317 e. The molecule has 3 heterocycles. The molecule has 3 aromatic heterocycles. The van der Waals surface area contributed by atoms with Gasteiger partial charge in [0, 0.05) is 15.8 Å². The van der Waals surface area contributed by atoms with Gasteiger partial charge < -0.3 is 10.1 Å². The van der Waals surface area contributed by atoms with E-state index in [1.807, 2.05) is 54.1 Å². The maximum absolute atomic E-state index is 12.7. The molecule has 0 amide bonds. The number of nitrogens with one attached hydrogen (secondary N) is 1. The predicted octanol–water partition coefficient (Wildman–Crippen LogP) is 5.20. The quantitative estimate of drug-likeness (QED) is 0.304. The van der Waals surface area contributed by atoms with Crippen molar-refractivity contribution in [3.8, 4) is 10.4 Å². The molecule has 4 aromatic rings. The lowest BCUT2D eigenvalue weighted by atomic mass is 10.1. The highest BCUT2D eigenvalue weighted by Crippen LogP contribution is 2.34. The van der Waals surface area contributed by atoms with Gasteiger partial charge in [-0.25, -0.2) is 4.98 Å². The second-order valence-electron chi connectivity index (χ2n) is 6.65. The fourth-order valence-corrected chi connectivity index (χ4v) is 5.74. The topological polar surface area (TPSA) is 83.0 Å². The van der Waals surface area contributed by atoms with Crippen molar-refractivity contribution in [3.63, 3.8) is 0 Å². The molecule has 0 fully saturated rings. The number of aromatic nitrogens is 2. The van der Waals surface area contributed by atoms with Crippen LogP contribution in [0.3, 0.4) is 0 Å².